The van der Waals surface area contributed by atoms with Crippen LogP contribution in [0.1, 0.15) is 32.0 Å². The van der Waals surface area contributed by atoms with Gasteiger partial charge in [0.25, 0.3) is 0 Å². The van der Waals surface area contributed by atoms with Crippen molar-refractivity contribution in [3.05, 3.63) is 30.1 Å². The molecule has 2 N–H and O–H groups in total. The number of hydrogen-bond acceptors (Lipinski definition) is 4. The highest BCUT2D eigenvalue weighted by atomic mass is 15.3. The van der Waals surface area contributed by atoms with Gasteiger partial charge in [-0.25, -0.2) is 9.97 Å². The SMILES string of the molecule is C=CCN(c1ncc(CN)c(C)n1)C(C)(C)C. The molecule has 0 amide bonds. The molecule has 0 aromatic carbocycles. The average Bonchev–Trinajstić information content (AvgIpc) is 2.24. The van der Waals surface area contributed by atoms with Crippen LogP contribution in [0.4, 0.5) is 5.95 Å². The number of aromatic nitrogens is 2. The fourth-order valence-electron chi connectivity index (χ4n) is 1.59. The fourth-order valence-corrected chi connectivity index (χ4v) is 1.59. The predicted molar refractivity (Wildman–Crippen MR) is 72.0 cm³/mol. The van der Waals surface area contributed by atoms with E-state index in [9.17, 15) is 0 Å². The topological polar surface area (TPSA) is 55.0 Å². The van der Waals surface area contributed by atoms with E-state index in [1.165, 1.54) is 0 Å². The van der Waals surface area contributed by atoms with E-state index < -0.39 is 0 Å². The molecule has 0 saturated carbocycles. The monoisotopic (exact) mass is 234 g/mol. The van der Waals surface area contributed by atoms with E-state index in [-0.39, 0.29) is 5.54 Å². The summed E-state index contributed by atoms with van der Waals surface area (Å²) in [4.78, 5) is 11.0. The maximum atomic E-state index is 5.61. The average molecular weight is 234 g/mol. The minimum atomic E-state index is -0.0368. The minimum Gasteiger partial charge on any atom is -0.332 e. The van der Waals surface area contributed by atoms with Gasteiger partial charge in [-0.15, -0.1) is 6.58 Å². The first-order valence-corrected chi connectivity index (χ1v) is 5.81. The van der Waals surface area contributed by atoms with Crippen molar-refractivity contribution in [1.29, 1.82) is 0 Å². The summed E-state index contributed by atoms with van der Waals surface area (Å²) >= 11 is 0. The van der Waals surface area contributed by atoms with Crippen molar-refractivity contribution in [2.75, 3.05) is 11.4 Å². The van der Waals surface area contributed by atoms with Crippen LogP contribution >= 0.6 is 0 Å². The summed E-state index contributed by atoms with van der Waals surface area (Å²) in [7, 11) is 0. The Morgan fingerprint density at radius 3 is 2.53 bits per heavy atom. The molecule has 0 atom stereocenters. The lowest BCUT2D eigenvalue weighted by Gasteiger charge is -2.35. The molecule has 1 aromatic rings. The smallest absolute Gasteiger partial charge is 0.226 e. The van der Waals surface area contributed by atoms with Crippen molar-refractivity contribution in [2.24, 2.45) is 5.73 Å². The zero-order chi connectivity index (χ0) is 13.1. The van der Waals surface area contributed by atoms with E-state index in [0.717, 1.165) is 23.8 Å². The molecule has 4 heteroatoms. The molecule has 0 unspecified atom stereocenters. The van der Waals surface area contributed by atoms with Gasteiger partial charge in [0.15, 0.2) is 0 Å². The first-order valence-electron chi connectivity index (χ1n) is 5.81. The van der Waals surface area contributed by atoms with Crippen molar-refractivity contribution in [1.82, 2.24) is 9.97 Å². The number of rotatable bonds is 4. The molecular weight excluding hydrogens is 212 g/mol. The summed E-state index contributed by atoms with van der Waals surface area (Å²) in [5, 5.41) is 0. The third-order valence-corrected chi connectivity index (χ3v) is 2.65. The largest absolute Gasteiger partial charge is 0.332 e. The molecule has 1 heterocycles. The Labute approximate surface area is 104 Å². The van der Waals surface area contributed by atoms with Gasteiger partial charge in [0.1, 0.15) is 0 Å². The van der Waals surface area contributed by atoms with Crippen LogP contribution in [0.5, 0.6) is 0 Å². The minimum absolute atomic E-state index is 0.0368. The van der Waals surface area contributed by atoms with Crippen LogP contribution in [-0.4, -0.2) is 22.1 Å². The second-order valence-electron chi connectivity index (χ2n) is 5.05. The normalized spacial score (nSPS) is 11.4. The van der Waals surface area contributed by atoms with Crippen molar-refractivity contribution in [3.8, 4) is 0 Å². The van der Waals surface area contributed by atoms with E-state index in [0.29, 0.717) is 6.54 Å². The molecule has 0 spiro atoms. The highest BCUT2D eigenvalue weighted by Gasteiger charge is 2.23. The Balaban J connectivity index is 3.11. The summed E-state index contributed by atoms with van der Waals surface area (Å²) < 4.78 is 0. The molecule has 4 nitrogen and oxygen atoms in total. The zero-order valence-corrected chi connectivity index (χ0v) is 11.2. The van der Waals surface area contributed by atoms with Gasteiger partial charge in [-0.05, 0) is 27.7 Å². The third kappa shape index (κ3) is 3.27. The molecule has 17 heavy (non-hydrogen) atoms. The molecular formula is C13H22N4. The number of aryl methyl sites for hydroxylation is 1. The summed E-state index contributed by atoms with van der Waals surface area (Å²) in [5.41, 5.74) is 7.50. The highest BCUT2D eigenvalue weighted by molar-refractivity contribution is 5.37. The lowest BCUT2D eigenvalue weighted by molar-refractivity contribution is 0.511. The molecule has 0 bridgehead atoms. The van der Waals surface area contributed by atoms with E-state index in [4.69, 9.17) is 5.73 Å². The summed E-state index contributed by atoms with van der Waals surface area (Å²) in [6.45, 7) is 13.3. The van der Waals surface area contributed by atoms with E-state index in [1.54, 1.807) is 6.20 Å². The molecule has 0 aliphatic heterocycles. The second-order valence-corrected chi connectivity index (χ2v) is 5.05. The number of anilines is 1. The zero-order valence-electron chi connectivity index (χ0n) is 11.2. The second kappa shape index (κ2) is 5.27. The Kier molecular flexibility index (Phi) is 4.23. The molecule has 0 aliphatic carbocycles. The maximum Gasteiger partial charge on any atom is 0.226 e. The van der Waals surface area contributed by atoms with Crippen molar-refractivity contribution in [3.63, 3.8) is 0 Å². The van der Waals surface area contributed by atoms with Gasteiger partial charge >= 0.3 is 0 Å². The van der Waals surface area contributed by atoms with Gasteiger partial charge in [-0.1, -0.05) is 6.08 Å². The number of nitrogens with two attached hydrogens (primary N) is 1. The number of hydrogen-bond donors (Lipinski definition) is 1. The van der Waals surface area contributed by atoms with Crippen LogP contribution in [0, 0.1) is 6.92 Å². The summed E-state index contributed by atoms with van der Waals surface area (Å²) in [6, 6.07) is 0. The molecule has 0 aliphatic rings. The van der Waals surface area contributed by atoms with Gasteiger partial charge in [0.2, 0.25) is 5.95 Å². The lowest BCUT2D eigenvalue weighted by atomic mass is 10.1. The van der Waals surface area contributed by atoms with Crippen LogP contribution < -0.4 is 10.6 Å². The van der Waals surface area contributed by atoms with E-state index in [1.807, 2.05) is 13.0 Å². The van der Waals surface area contributed by atoms with Crippen LogP contribution in [0.15, 0.2) is 18.9 Å². The van der Waals surface area contributed by atoms with Gasteiger partial charge < -0.3 is 10.6 Å². The third-order valence-electron chi connectivity index (χ3n) is 2.65. The highest BCUT2D eigenvalue weighted by Crippen LogP contribution is 2.20. The van der Waals surface area contributed by atoms with Gasteiger partial charge in [-0.2, -0.15) is 0 Å². The van der Waals surface area contributed by atoms with Gasteiger partial charge in [0.05, 0.1) is 0 Å². The standard InChI is InChI=1S/C13H22N4/c1-6-7-17(13(3,4)5)12-15-9-11(8-14)10(2)16-12/h6,9H,1,7-8,14H2,2-5H3. The van der Waals surface area contributed by atoms with E-state index >= 15 is 0 Å². The lowest BCUT2D eigenvalue weighted by Crippen LogP contribution is -2.42. The van der Waals surface area contributed by atoms with Crippen molar-refractivity contribution in [2.45, 2.75) is 39.8 Å². The Bertz CT molecular complexity index is 393. The molecule has 0 radical (unpaired) electrons. The van der Waals surface area contributed by atoms with Crippen molar-refractivity contribution >= 4 is 5.95 Å². The van der Waals surface area contributed by atoms with Crippen LogP contribution in [0.3, 0.4) is 0 Å². The first-order chi connectivity index (χ1) is 7.90. The van der Waals surface area contributed by atoms with E-state index in [2.05, 4.69) is 42.2 Å². The summed E-state index contributed by atoms with van der Waals surface area (Å²) in [5.74, 6) is 0.729. The molecule has 1 aromatic heterocycles. The maximum absolute atomic E-state index is 5.61. The summed E-state index contributed by atoms with van der Waals surface area (Å²) in [6.07, 6.45) is 3.67. The van der Waals surface area contributed by atoms with Gasteiger partial charge in [-0.3, -0.25) is 0 Å². The molecule has 0 fully saturated rings. The Morgan fingerprint density at radius 2 is 2.12 bits per heavy atom. The molecule has 1 rings (SSSR count). The quantitative estimate of drug-likeness (QED) is 0.810. The first kappa shape index (κ1) is 13.6. The predicted octanol–water partition coefficient (Wildman–Crippen LogP) is 2.03. The van der Waals surface area contributed by atoms with Crippen LogP contribution in [0.2, 0.25) is 0 Å². The molecule has 94 valence electrons. The Hall–Kier alpha value is -1.42. The van der Waals surface area contributed by atoms with Crippen LogP contribution in [0.25, 0.3) is 0 Å². The fraction of sp³-hybridized carbons (Fsp3) is 0.538. The van der Waals surface area contributed by atoms with Gasteiger partial charge in [0, 0.05) is 36.1 Å². The van der Waals surface area contributed by atoms with Crippen molar-refractivity contribution < 1.29 is 0 Å². The number of nitrogens with zero attached hydrogens (tertiary/aromatic N) is 3. The Morgan fingerprint density at radius 1 is 1.47 bits per heavy atom. The van der Waals surface area contributed by atoms with Crippen LogP contribution in [-0.2, 0) is 6.54 Å². The molecule has 0 saturated heterocycles.